The van der Waals surface area contributed by atoms with Crippen molar-refractivity contribution in [3.05, 3.63) is 53.6 Å². The van der Waals surface area contributed by atoms with E-state index in [1.165, 1.54) is 12.1 Å². The highest BCUT2D eigenvalue weighted by Gasteiger charge is 2.32. The van der Waals surface area contributed by atoms with Crippen molar-refractivity contribution in [3.63, 3.8) is 0 Å². The van der Waals surface area contributed by atoms with E-state index >= 15 is 0 Å². The molecule has 2 heterocycles. The molecule has 0 radical (unpaired) electrons. The predicted molar refractivity (Wildman–Crippen MR) is 129 cm³/mol. The minimum atomic E-state index is -4.99. The highest BCUT2D eigenvalue weighted by molar-refractivity contribution is 7.18. The van der Waals surface area contributed by atoms with Gasteiger partial charge in [0, 0.05) is 32.2 Å². The number of ether oxygens (including phenoxy) is 1. The Morgan fingerprint density at radius 3 is 2.50 bits per heavy atom. The second-order valence-corrected chi connectivity index (χ2v) is 9.33. The van der Waals surface area contributed by atoms with Gasteiger partial charge in [-0.1, -0.05) is 17.4 Å². The van der Waals surface area contributed by atoms with Gasteiger partial charge in [-0.3, -0.25) is 19.8 Å². The van der Waals surface area contributed by atoms with Gasteiger partial charge in [0.1, 0.15) is 5.75 Å². The van der Waals surface area contributed by atoms with Gasteiger partial charge in [0.25, 0.3) is 5.91 Å². The molecule has 1 fully saturated rings. The summed E-state index contributed by atoms with van der Waals surface area (Å²) in [7, 11) is 1.95. The first kappa shape index (κ1) is 27.3. The molecule has 0 saturated carbocycles. The molecule has 202 valence electrons. The van der Waals surface area contributed by atoms with E-state index in [4.69, 9.17) is 0 Å². The van der Waals surface area contributed by atoms with E-state index in [9.17, 15) is 31.5 Å². The van der Waals surface area contributed by atoms with Gasteiger partial charge >= 0.3 is 6.36 Å². The number of halogens is 5. The van der Waals surface area contributed by atoms with Crippen LogP contribution < -0.4 is 15.4 Å². The molecule has 9 nitrogen and oxygen atoms in total. The number of benzene rings is 2. The summed E-state index contributed by atoms with van der Waals surface area (Å²) in [5.41, 5.74) is -0.558. The monoisotopic (exact) mass is 556 g/mol. The first-order chi connectivity index (χ1) is 18.0. The number of rotatable bonds is 7. The molecule has 0 atom stereocenters. The average molecular weight is 557 g/mol. The Balaban J connectivity index is 1.53. The fourth-order valence-electron chi connectivity index (χ4n) is 3.64. The lowest BCUT2D eigenvalue weighted by atomic mass is 10.1. The van der Waals surface area contributed by atoms with Gasteiger partial charge in [0.05, 0.1) is 23.4 Å². The zero-order valence-electron chi connectivity index (χ0n) is 19.8. The van der Waals surface area contributed by atoms with E-state index < -0.39 is 35.6 Å². The second-order valence-electron chi connectivity index (χ2n) is 8.35. The maximum atomic E-state index is 14.1. The second kappa shape index (κ2) is 11.4. The molecule has 3 aromatic rings. The van der Waals surface area contributed by atoms with Crippen LogP contribution in [0.3, 0.4) is 0 Å². The number of carbonyl (C=O) groups is 2. The summed E-state index contributed by atoms with van der Waals surface area (Å²) in [6.45, 7) is 2.72. The molecular weight excluding hydrogens is 535 g/mol. The maximum Gasteiger partial charge on any atom is 0.573 e. The zero-order chi connectivity index (χ0) is 27.4. The van der Waals surface area contributed by atoms with Crippen LogP contribution in [-0.4, -0.2) is 77.9 Å². The number of amides is 2. The highest BCUT2D eigenvalue weighted by atomic mass is 32.1. The first-order valence-electron chi connectivity index (χ1n) is 11.2. The molecule has 2 N–H and O–H groups in total. The van der Waals surface area contributed by atoms with Crippen molar-refractivity contribution in [2.24, 2.45) is 0 Å². The third-order valence-corrected chi connectivity index (χ3v) is 6.41. The lowest BCUT2D eigenvalue weighted by Gasteiger charge is -2.31. The average Bonchev–Trinajstić information content (AvgIpc) is 3.29. The van der Waals surface area contributed by atoms with Crippen molar-refractivity contribution in [1.82, 2.24) is 20.0 Å². The number of hydrogen-bond acceptors (Lipinski definition) is 8. The number of anilines is 2. The summed E-state index contributed by atoms with van der Waals surface area (Å²) in [6, 6.07) is 6.38. The van der Waals surface area contributed by atoms with E-state index in [0.717, 1.165) is 48.7 Å². The van der Waals surface area contributed by atoms with Crippen LogP contribution in [-0.2, 0) is 4.79 Å². The first-order valence-corrected chi connectivity index (χ1v) is 12.0. The largest absolute Gasteiger partial charge is 0.573 e. The Labute approximate surface area is 217 Å². The van der Waals surface area contributed by atoms with Crippen molar-refractivity contribution in [3.8, 4) is 16.3 Å². The van der Waals surface area contributed by atoms with Gasteiger partial charge in [-0.15, -0.1) is 23.4 Å². The predicted octanol–water partition coefficient (Wildman–Crippen LogP) is 3.82. The molecule has 0 bridgehead atoms. The lowest BCUT2D eigenvalue weighted by Crippen LogP contribution is -2.47. The number of likely N-dealkylation sites (N-methyl/N-ethyl adjacent to an activating group) is 1. The van der Waals surface area contributed by atoms with Gasteiger partial charge in [0.2, 0.25) is 11.0 Å². The van der Waals surface area contributed by atoms with Crippen LogP contribution in [0.25, 0.3) is 10.6 Å². The molecule has 4 rings (SSSR count). The van der Waals surface area contributed by atoms with E-state index in [-0.39, 0.29) is 33.5 Å². The minimum Gasteiger partial charge on any atom is -0.406 e. The van der Waals surface area contributed by atoms with Crippen molar-refractivity contribution < 1.29 is 36.3 Å². The SMILES string of the molecule is CN1CCN(CC(=O)Nc2cc(OC(F)(F)F)ccc2C(=O)Nc2nnc(-c3cccc(F)c3F)s2)CC1. The van der Waals surface area contributed by atoms with Crippen LogP contribution in [0, 0.1) is 11.6 Å². The smallest absolute Gasteiger partial charge is 0.406 e. The van der Waals surface area contributed by atoms with Crippen LogP contribution >= 0.6 is 11.3 Å². The summed E-state index contributed by atoms with van der Waals surface area (Å²) in [5, 5.41) is 12.3. The number of piperazine rings is 1. The van der Waals surface area contributed by atoms with E-state index in [0.29, 0.717) is 13.1 Å². The molecule has 0 spiro atoms. The lowest BCUT2D eigenvalue weighted by molar-refractivity contribution is -0.274. The van der Waals surface area contributed by atoms with Crippen LogP contribution in [0.4, 0.5) is 32.8 Å². The van der Waals surface area contributed by atoms with Crippen LogP contribution in [0.15, 0.2) is 36.4 Å². The standard InChI is InChI=1S/C23H21F5N6O3S/c1-33-7-9-34(10-8-33)12-18(35)29-17-11-13(37-23(26,27)28)5-6-14(17)20(36)30-22-32-31-21(38-22)15-3-2-4-16(24)19(15)25/h2-6,11H,7-10,12H2,1H3,(H,29,35)(H,30,32,36). The van der Waals surface area contributed by atoms with Crippen LogP contribution in [0.1, 0.15) is 10.4 Å². The van der Waals surface area contributed by atoms with Crippen LogP contribution in [0.5, 0.6) is 5.75 Å². The van der Waals surface area contributed by atoms with Crippen molar-refractivity contribution in [2.75, 3.05) is 50.4 Å². The minimum absolute atomic E-state index is 0.00747. The van der Waals surface area contributed by atoms with E-state index in [1.54, 1.807) is 0 Å². The summed E-state index contributed by atoms with van der Waals surface area (Å²) in [5.74, 6) is -4.22. The topological polar surface area (TPSA) is 99.7 Å². The summed E-state index contributed by atoms with van der Waals surface area (Å²) in [4.78, 5) is 29.6. The Morgan fingerprint density at radius 1 is 1.05 bits per heavy atom. The Hall–Kier alpha value is -3.69. The Bertz CT molecular complexity index is 1330. The van der Waals surface area contributed by atoms with Gasteiger partial charge < -0.3 is 15.0 Å². The fourth-order valence-corrected chi connectivity index (χ4v) is 4.39. The molecule has 0 unspecified atom stereocenters. The molecule has 38 heavy (non-hydrogen) atoms. The number of nitrogens with one attached hydrogen (secondary N) is 2. The van der Waals surface area contributed by atoms with Crippen molar-refractivity contribution in [1.29, 1.82) is 0 Å². The Kier molecular flexibility index (Phi) is 8.18. The molecule has 2 aromatic carbocycles. The number of alkyl halides is 3. The molecule has 2 amide bonds. The summed E-state index contributed by atoms with van der Waals surface area (Å²) < 4.78 is 69.8. The Morgan fingerprint density at radius 2 is 1.79 bits per heavy atom. The summed E-state index contributed by atoms with van der Waals surface area (Å²) in [6.07, 6.45) is -4.99. The zero-order valence-corrected chi connectivity index (χ0v) is 20.6. The fraction of sp³-hybridized carbons (Fsp3) is 0.304. The van der Waals surface area contributed by atoms with E-state index in [1.807, 2.05) is 11.9 Å². The molecule has 1 aromatic heterocycles. The molecular formula is C23H21F5N6O3S. The summed E-state index contributed by atoms with van der Waals surface area (Å²) >= 11 is 0.754. The number of carbonyl (C=O) groups excluding carboxylic acids is 2. The normalized spacial score (nSPS) is 14.8. The molecule has 1 aliphatic rings. The molecule has 15 heteroatoms. The highest BCUT2D eigenvalue weighted by Crippen LogP contribution is 2.31. The molecule has 1 aliphatic heterocycles. The van der Waals surface area contributed by atoms with Gasteiger partial charge in [0.15, 0.2) is 16.6 Å². The number of nitrogens with zero attached hydrogens (tertiary/aromatic N) is 4. The molecule has 0 aliphatic carbocycles. The van der Waals surface area contributed by atoms with Gasteiger partial charge in [-0.05, 0) is 31.3 Å². The van der Waals surface area contributed by atoms with Gasteiger partial charge in [-0.25, -0.2) is 8.78 Å². The number of aromatic nitrogens is 2. The number of hydrogen-bond donors (Lipinski definition) is 2. The third-order valence-electron chi connectivity index (χ3n) is 5.53. The maximum absolute atomic E-state index is 14.1. The third kappa shape index (κ3) is 6.99. The van der Waals surface area contributed by atoms with Gasteiger partial charge in [-0.2, -0.15) is 0 Å². The van der Waals surface area contributed by atoms with E-state index in [2.05, 4.69) is 30.5 Å². The van der Waals surface area contributed by atoms with Crippen molar-refractivity contribution in [2.45, 2.75) is 6.36 Å². The van der Waals surface area contributed by atoms with Crippen LogP contribution in [0.2, 0.25) is 0 Å². The quantitative estimate of drug-likeness (QED) is 0.427. The molecule has 1 saturated heterocycles. The van der Waals surface area contributed by atoms with Crippen molar-refractivity contribution >= 4 is 34.0 Å².